The number of nitrogens with one attached hydrogen (secondary N) is 2. The van der Waals surface area contributed by atoms with Gasteiger partial charge in [-0.15, -0.1) is 0 Å². The molecule has 2 N–H and O–H groups in total. The minimum atomic E-state index is -4.49. The van der Waals surface area contributed by atoms with Crippen LogP contribution >= 0.6 is 0 Å². The number of alkyl halides is 3. The van der Waals surface area contributed by atoms with Crippen LogP contribution in [0.2, 0.25) is 0 Å². The van der Waals surface area contributed by atoms with Crippen LogP contribution in [0.15, 0.2) is 41.4 Å². The quantitative estimate of drug-likeness (QED) is 0.589. The van der Waals surface area contributed by atoms with E-state index in [4.69, 9.17) is 14.2 Å². The first-order valence-corrected chi connectivity index (χ1v) is 9.02. The van der Waals surface area contributed by atoms with Crippen molar-refractivity contribution in [2.24, 2.45) is 4.99 Å². The molecule has 0 radical (unpaired) electrons. The highest BCUT2D eigenvalue weighted by Crippen LogP contribution is 2.35. The number of hydrogen-bond donors (Lipinski definition) is 2. The molecule has 1 heterocycles. The van der Waals surface area contributed by atoms with E-state index in [1.165, 1.54) is 26.3 Å². The van der Waals surface area contributed by atoms with Crippen LogP contribution in [0.25, 0.3) is 0 Å². The van der Waals surface area contributed by atoms with Gasteiger partial charge in [-0.3, -0.25) is 4.99 Å². The lowest BCUT2D eigenvalue weighted by Crippen LogP contribution is -2.31. The molecule has 0 atom stereocenters. The lowest BCUT2D eigenvalue weighted by molar-refractivity contribution is -0.138. The smallest absolute Gasteiger partial charge is 0.416 e. The van der Waals surface area contributed by atoms with Crippen molar-refractivity contribution in [3.63, 3.8) is 0 Å². The zero-order valence-electron chi connectivity index (χ0n) is 16.1. The Labute approximate surface area is 166 Å². The van der Waals surface area contributed by atoms with E-state index in [1.807, 2.05) is 0 Å². The summed E-state index contributed by atoms with van der Waals surface area (Å²) >= 11 is 0. The summed E-state index contributed by atoms with van der Waals surface area (Å²) in [6, 6.07) is 9.19. The summed E-state index contributed by atoms with van der Waals surface area (Å²) < 4.78 is 56.2. The van der Waals surface area contributed by atoms with Crippen molar-refractivity contribution in [2.45, 2.75) is 19.1 Å². The average Bonchev–Trinajstić information content (AvgIpc) is 2.95. The molecule has 2 aromatic carbocycles. The molecule has 0 aromatic heterocycles. The second-order valence-electron chi connectivity index (χ2n) is 6.28. The van der Waals surface area contributed by atoms with Crippen LogP contribution < -0.4 is 24.8 Å². The number of hydrogen-bond acceptors (Lipinski definition) is 4. The summed E-state index contributed by atoms with van der Waals surface area (Å²) in [6.45, 7) is 1.08. The van der Waals surface area contributed by atoms with Gasteiger partial charge >= 0.3 is 6.18 Å². The fraction of sp³-hybridized carbons (Fsp3) is 0.350. The van der Waals surface area contributed by atoms with Gasteiger partial charge in [-0.05, 0) is 29.8 Å². The molecule has 0 spiro atoms. The van der Waals surface area contributed by atoms with Gasteiger partial charge in [0, 0.05) is 31.8 Å². The van der Waals surface area contributed by atoms with E-state index in [-0.39, 0.29) is 17.9 Å². The minimum Gasteiger partial charge on any atom is -0.497 e. The van der Waals surface area contributed by atoms with Gasteiger partial charge in [0.2, 0.25) is 0 Å². The van der Waals surface area contributed by atoms with Crippen molar-refractivity contribution in [3.8, 4) is 17.2 Å². The SMILES string of the molecule is CN=C(NCc1ccc(OC)cc1C(F)(F)F)Nc1ccc2c(c1)OCCCO2. The predicted octanol–water partition coefficient (Wildman–Crippen LogP) is 4.06. The maximum atomic E-state index is 13.4. The Hall–Kier alpha value is -3.10. The molecule has 9 heteroatoms. The molecule has 0 unspecified atom stereocenters. The number of aliphatic imine (C=N–C) groups is 1. The first kappa shape index (κ1) is 20.6. The third-order valence-corrected chi connectivity index (χ3v) is 4.30. The second kappa shape index (κ2) is 8.93. The van der Waals surface area contributed by atoms with Crippen LogP contribution in [0.5, 0.6) is 17.2 Å². The zero-order chi connectivity index (χ0) is 20.9. The average molecular weight is 409 g/mol. The summed E-state index contributed by atoms with van der Waals surface area (Å²) in [5, 5.41) is 5.95. The van der Waals surface area contributed by atoms with E-state index in [9.17, 15) is 13.2 Å². The number of benzene rings is 2. The van der Waals surface area contributed by atoms with Crippen molar-refractivity contribution in [1.29, 1.82) is 0 Å². The van der Waals surface area contributed by atoms with E-state index in [0.717, 1.165) is 12.5 Å². The molecule has 29 heavy (non-hydrogen) atoms. The predicted molar refractivity (Wildman–Crippen MR) is 104 cm³/mol. The van der Waals surface area contributed by atoms with Crippen molar-refractivity contribution in [1.82, 2.24) is 5.32 Å². The van der Waals surface area contributed by atoms with Crippen molar-refractivity contribution < 1.29 is 27.4 Å². The van der Waals surface area contributed by atoms with Crippen LogP contribution in [-0.4, -0.2) is 33.3 Å². The monoisotopic (exact) mass is 409 g/mol. The van der Waals surface area contributed by atoms with Crippen LogP contribution in [0.3, 0.4) is 0 Å². The Bertz CT molecular complexity index is 885. The Morgan fingerprint density at radius 2 is 1.86 bits per heavy atom. The Morgan fingerprint density at radius 1 is 1.10 bits per heavy atom. The molecule has 156 valence electrons. The molecular formula is C20H22F3N3O3. The number of halogens is 3. The maximum Gasteiger partial charge on any atom is 0.416 e. The number of methoxy groups -OCH3 is 1. The number of ether oxygens (including phenoxy) is 3. The van der Waals surface area contributed by atoms with Gasteiger partial charge in [0.1, 0.15) is 5.75 Å². The van der Waals surface area contributed by atoms with Crippen molar-refractivity contribution in [3.05, 3.63) is 47.5 Å². The maximum absolute atomic E-state index is 13.4. The van der Waals surface area contributed by atoms with Gasteiger partial charge in [-0.1, -0.05) is 6.07 Å². The molecule has 0 fully saturated rings. The van der Waals surface area contributed by atoms with Crippen LogP contribution in [0.4, 0.5) is 18.9 Å². The Kier molecular flexibility index (Phi) is 6.36. The third-order valence-electron chi connectivity index (χ3n) is 4.30. The summed E-state index contributed by atoms with van der Waals surface area (Å²) in [5.41, 5.74) is 0.00317. The van der Waals surface area contributed by atoms with E-state index < -0.39 is 11.7 Å². The molecule has 0 saturated heterocycles. The van der Waals surface area contributed by atoms with Crippen LogP contribution in [0.1, 0.15) is 17.5 Å². The lowest BCUT2D eigenvalue weighted by atomic mass is 10.1. The van der Waals surface area contributed by atoms with E-state index in [2.05, 4.69) is 15.6 Å². The van der Waals surface area contributed by atoms with Gasteiger partial charge in [0.25, 0.3) is 0 Å². The number of fused-ring (bicyclic) bond motifs is 1. The highest BCUT2D eigenvalue weighted by Gasteiger charge is 2.33. The normalized spacial score (nSPS) is 14.2. The molecule has 3 rings (SSSR count). The minimum absolute atomic E-state index is 0.0664. The van der Waals surface area contributed by atoms with Gasteiger partial charge < -0.3 is 24.8 Å². The number of nitrogens with zero attached hydrogens (tertiary/aromatic N) is 1. The standard InChI is InChI=1S/C20H22F3N3O3/c1-24-19(26-14-5-7-17-18(10-14)29-9-3-8-28-17)25-12-13-4-6-15(27-2)11-16(13)20(21,22)23/h4-7,10-11H,3,8-9,12H2,1-2H3,(H2,24,25,26). The molecule has 6 nitrogen and oxygen atoms in total. The number of anilines is 1. The van der Waals surface area contributed by atoms with E-state index >= 15 is 0 Å². The molecule has 0 amide bonds. The largest absolute Gasteiger partial charge is 0.497 e. The summed E-state index contributed by atoms with van der Waals surface area (Å²) in [5.74, 6) is 1.74. The first-order valence-electron chi connectivity index (χ1n) is 9.02. The van der Waals surface area contributed by atoms with Crippen molar-refractivity contribution in [2.75, 3.05) is 32.7 Å². The third kappa shape index (κ3) is 5.24. The highest BCUT2D eigenvalue weighted by molar-refractivity contribution is 5.93. The summed E-state index contributed by atoms with van der Waals surface area (Å²) in [4.78, 5) is 4.07. The lowest BCUT2D eigenvalue weighted by Gasteiger charge is -2.17. The Balaban J connectivity index is 1.71. The molecule has 0 aliphatic carbocycles. The van der Waals surface area contributed by atoms with Crippen LogP contribution in [-0.2, 0) is 12.7 Å². The van der Waals surface area contributed by atoms with Gasteiger partial charge in [-0.2, -0.15) is 13.2 Å². The summed E-state index contributed by atoms with van der Waals surface area (Å²) in [6.07, 6.45) is -3.69. The first-order chi connectivity index (χ1) is 13.9. The molecule has 2 aromatic rings. The van der Waals surface area contributed by atoms with Gasteiger partial charge in [0.05, 0.1) is 25.9 Å². The number of guanidine groups is 1. The number of rotatable bonds is 4. The zero-order valence-corrected chi connectivity index (χ0v) is 16.1. The molecular weight excluding hydrogens is 387 g/mol. The highest BCUT2D eigenvalue weighted by atomic mass is 19.4. The van der Waals surface area contributed by atoms with E-state index in [1.54, 1.807) is 18.2 Å². The van der Waals surface area contributed by atoms with Gasteiger partial charge in [-0.25, -0.2) is 0 Å². The fourth-order valence-electron chi connectivity index (χ4n) is 2.84. The summed E-state index contributed by atoms with van der Waals surface area (Å²) in [7, 11) is 2.87. The molecule has 1 aliphatic heterocycles. The molecule has 0 saturated carbocycles. The Morgan fingerprint density at radius 3 is 2.55 bits per heavy atom. The van der Waals surface area contributed by atoms with Crippen molar-refractivity contribution >= 4 is 11.6 Å². The van der Waals surface area contributed by atoms with Crippen LogP contribution in [0, 0.1) is 0 Å². The van der Waals surface area contributed by atoms with Gasteiger partial charge in [0.15, 0.2) is 17.5 Å². The fourth-order valence-corrected chi connectivity index (χ4v) is 2.84. The topological polar surface area (TPSA) is 64.1 Å². The second-order valence-corrected chi connectivity index (χ2v) is 6.28. The molecule has 1 aliphatic rings. The van der Waals surface area contributed by atoms with E-state index in [0.29, 0.717) is 36.4 Å². The molecule has 0 bridgehead atoms.